The number of nitrogens with one attached hydrogen (secondary N) is 1. The van der Waals surface area contributed by atoms with Gasteiger partial charge in [0, 0.05) is 43.3 Å². The number of benzene rings is 2. The van der Waals surface area contributed by atoms with Gasteiger partial charge in [0.25, 0.3) is 5.91 Å². The first-order chi connectivity index (χ1) is 12.7. The summed E-state index contributed by atoms with van der Waals surface area (Å²) in [6.45, 7) is 2.30. The maximum absolute atomic E-state index is 12.8. The Kier molecular flexibility index (Phi) is 4.44. The molecule has 2 aromatic carbocycles. The van der Waals surface area contributed by atoms with Crippen LogP contribution in [0, 0.1) is 0 Å². The average molecular weight is 347 g/mol. The lowest BCUT2D eigenvalue weighted by atomic mass is 10.1. The highest BCUT2D eigenvalue weighted by atomic mass is 16.2. The summed E-state index contributed by atoms with van der Waals surface area (Å²) < 4.78 is 0. The van der Waals surface area contributed by atoms with Crippen molar-refractivity contribution in [2.24, 2.45) is 0 Å². The minimum Gasteiger partial charge on any atom is -0.360 e. The molecule has 5 heteroatoms. The zero-order valence-corrected chi connectivity index (χ0v) is 14.5. The van der Waals surface area contributed by atoms with Crippen LogP contribution in [0.2, 0.25) is 0 Å². The van der Waals surface area contributed by atoms with Gasteiger partial charge >= 0.3 is 0 Å². The molecule has 0 bridgehead atoms. The molecule has 132 valence electrons. The molecule has 26 heavy (non-hydrogen) atoms. The van der Waals surface area contributed by atoms with Crippen LogP contribution in [0.1, 0.15) is 15.9 Å². The van der Waals surface area contributed by atoms with Crippen LogP contribution in [0.5, 0.6) is 0 Å². The summed E-state index contributed by atoms with van der Waals surface area (Å²) in [6.07, 6.45) is 2.19. The van der Waals surface area contributed by atoms with Gasteiger partial charge in [0.15, 0.2) is 0 Å². The predicted molar refractivity (Wildman–Crippen MR) is 101 cm³/mol. The second kappa shape index (κ2) is 7.04. The number of carbonyl (C=O) groups excluding carboxylic acids is 2. The molecule has 5 nitrogen and oxygen atoms in total. The molecule has 1 N–H and O–H groups in total. The summed E-state index contributed by atoms with van der Waals surface area (Å²) in [6, 6.07) is 17.6. The van der Waals surface area contributed by atoms with Crippen LogP contribution in [0.4, 0.5) is 0 Å². The van der Waals surface area contributed by atoms with Gasteiger partial charge < -0.3 is 14.8 Å². The van der Waals surface area contributed by atoms with Crippen molar-refractivity contribution in [1.82, 2.24) is 14.8 Å². The van der Waals surface area contributed by atoms with E-state index < -0.39 is 0 Å². The Hall–Kier alpha value is -3.08. The SMILES string of the molecule is O=C(Cc1ccccc1)N1CCN(C(=O)c2c[nH]c3ccccc23)CC1. The van der Waals surface area contributed by atoms with Gasteiger partial charge in [-0.25, -0.2) is 0 Å². The van der Waals surface area contributed by atoms with E-state index in [0.717, 1.165) is 16.5 Å². The number of aromatic amines is 1. The molecule has 0 unspecified atom stereocenters. The summed E-state index contributed by atoms with van der Waals surface area (Å²) in [5.41, 5.74) is 2.69. The van der Waals surface area contributed by atoms with Gasteiger partial charge in [-0.05, 0) is 11.6 Å². The molecule has 0 saturated carbocycles. The van der Waals surface area contributed by atoms with Gasteiger partial charge in [-0.1, -0.05) is 48.5 Å². The first-order valence-corrected chi connectivity index (χ1v) is 8.89. The third kappa shape index (κ3) is 3.20. The van der Waals surface area contributed by atoms with Crippen molar-refractivity contribution >= 4 is 22.7 Å². The van der Waals surface area contributed by atoms with E-state index in [1.165, 1.54) is 0 Å². The van der Waals surface area contributed by atoms with Crippen LogP contribution in [0.15, 0.2) is 60.8 Å². The van der Waals surface area contributed by atoms with Crippen LogP contribution in [0.25, 0.3) is 10.9 Å². The molecular weight excluding hydrogens is 326 g/mol. The Bertz CT molecular complexity index is 925. The molecule has 2 heterocycles. The van der Waals surface area contributed by atoms with Crippen LogP contribution < -0.4 is 0 Å². The van der Waals surface area contributed by atoms with Gasteiger partial charge in [0.05, 0.1) is 12.0 Å². The Labute approximate surface area is 152 Å². The Morgan fingerprint density at radius 3 is 2.27 bits per heavy atom. The van der Waals surface area contributed by atoms with E-state index in [1.54, 1.807) is 6.20 Å². The molecule has 3 aromatic rings. The molecule has 0 aliphatic carbocycles. The fourth-order valence-corrected chi connectivity index (χ4v) is 3.46. The Balaban J connectivity index is 1.39. The first-order valence-electron chi connectivity index (χ1n) is 8.89. The standard InChI is InChI=1S/C21H21N3O2/c25-20(14-16-6-2-1-3-7-16)23-10-12-24(13-11-23)21(26)18-15-22-19-9-5-4-8-17(18)19/h1-9,15,22H,10-14H2. The highest BCUT2D eigenvalue weighted by molar-refractivity contribution is 6.06. The summed E-state index contributed by atoms with van der Waals surface area (Å²) in [5.74, 6) is 0.146. The van der Waals surface area contributed by atoms with Crippen molar-refractivity contribution in [3.8, 4) is 0 Å². The Morgan fingerprint density at radius 2 is 1.50 bits per heavy atom. The lowest BCUT2D eigenvalue weighted by Gasteiger charge is -2.34. The molecule has 0 atom stereocenters. The summed E-state index contributed by atoms with van der Waals surface area (Å²) in [5, 5.41) is 0.945. The molecule has 1 fully saturated rings. The number of H-pyrrole nitrogens is 1. The molecule has 1 aliphatic heterocycles. The van der Waals surface area contributed by atoms with Gasteiger partial charge in [-0.2, -0.15) is 0 Å². The lowest BCUT2D eigenvalue weighted by molar-refractivity contribution is -0.131. The van der Waals surface area contributed by atoms with Crippen molar-refractivity contribution < 1.29 is 9.59 Å². The van der Waals surface area contributed by atoms with Crippen molar-refractivity contribution in [2.45, 2.75) is 6.42 Å². The fourth-order valence-electron chi connectivity index (χ4n) is 3.46. The number of amides is 2. The fraction of sp³-hybridized carbons (Fsp3) is 0.238. The number of para-hydroxylation sites is 1. The largest absolute Gasteiger partial charge is 0.360 e. The van der Waals surface area contributed by atoms with Crippen LogP contribution in [-0.2, 0) is 11.2 Å². The lowest BCUT2D eigenvalue weighted by Crippen LogP contribution is -2.51. The maximum atomic E-state index is 12.8. The second-order valence-electron chi connectivity index (χ2n) is 6.58. The van der Waals surface area contributed by atoms with Crippen molar-refractivity contribution in [1.29, 1.82) is 0 Å². The zero-order valence-electron chi connectivity index (χ0n) is 14.5. The van der Waals surface area contributed by atoms with E-state index in [1.807, 2.05) is 64.4 Å². The molecule has 4 rings (SSSR count). The molecule has 0 radical (unpaired) electrons. The number of hydrogen-bond donors (Lipinski definition) is 1. The van der Waals surface area contributed by atoms with E-state index in [4.69, 9.17) is 0 Å². The minimum absolute atomic E-state index is 0.0256. The van der Waals surface area contributed by atoms with Crippen molar-refractivity contribution in [2.75, 3.05) is 26.2 Å². The van der Waals surface area contributed by atoms with Gasteiger partial charge in [-0.15, -0.1) is 0 Å². The number of rotatable bonds is 3. The third-order valence-corrected chi connectivity index (χ3v) is 4.94. The first kappa shape index (κ1) is 16.4. The summed E-state index contributed by atoms with van der Waals surface area (Å²) >= 11 is 0. The maximum Gasteiger partial charge on any atom is 0.256 e. The molecule has 1 aliphatic rings. The summed E-state index contributed by atoms with van der Waals surface area (Å²) in [7, 11) is 0. The molecule has 0 spiro atoms. The predicted octanol–water partition coefficient (Wildman–Crippen LogP) is 2.70. The highest BCUT2D eigenvalue weighted by Gasteiger charge is 2.26. The average Bonchev–Trinajstić information content (AvgIpc) is 3.12. The van der Waals surface area contributed by atoms with E-state index >= 15 is 0 Å². The van der Waals surface area contributed by atoms with E-state index in [9.17, 15) is 9.59 Å². The number of hydrogen-bond acceptors (Lipinski definition) is 2. The topological polar surface area (TPSA) is 56.4 Å². The van der Waals surface area contributed by atoms with Crippen LogP contribution in [-0.4, -0.2) is 52.8 Å². The highest BCUT2D eigenvalue weighted by Crippen LogP contribution is 2.20. The molecular formula is C21H21N3O2. The smallest absolute Gasteiger partial charge is 0.256 e. The molecule has 1 aromatic heterocycles. The van der Waals surface area contributed by atoms with E-state index in [-0.39, 0.29) is 11.8 Å². The minimum atomic E-state index is 0.0256. The monoisotopic (exact) mass is 347 g/mol. The van der Waals surface area contributed by atoms with Crippen molar-refractivity contribution in [3.05, 3.63) is 71.9 Å². The van der Waals surface area contributed by atoms with Gasteiger partial charge in [-0.3, -0.25) is 9.59 Å². The molecule has 1 saturated heterocycles. The summed E-state index contributed by atoms with van der Waals surface area (Å²) in [4.78, 5) is 32.1. The van der Waals surface area contributed by atoms with E-state index in [0.29, 0.717) is 38.2 Å². The Morgan fingerprint density at radius 1 is 0.846 bits per heavy atom. The molecule has 2 amide bonds. The third-order valence-electron chi connectivity index (χ3n) is 4.94. The number of carbonyl (C=O) groups is 2. The van der Waals surface area contributed by atoms with Crippen molar-refractivity contribution in [3.63, 3.8) is 0 Å². The van der Waals surface area contributed by atoms with Gasteiger partial charge in [0.1, 0.15) is 0 Å². The number of aromatic nitrogens is 1. The van der Waals surface area contributed by atoms with E-state index in [2.05, 4.69) is 4.98 Å². The second-order valence-corrected chi connectivity index (χ2v) is 6.58. The number of piperazine rings is 1. The zero-order chi connectivity index (χ0) is 17.9. The number of fused-ring (bicyclic) bond motifs is 1. The normalized spacial score (nSPS) is 14.6. The van der Waals surface area contributed by atoms with Gasteiger partial charge in [0.2, 0.25) is 5.91 Å². The quantitative estimate of drug-likeness (QED) is 0.792. The van der Waals surface area contributed by atoms with Crippen LogP contribution in [0.3, 0.4) is 0 Å². The van der Waals surface area contributed by atoms with Crippen LogP contribution >= 0.6 is 0 Å². The number of nitrogens with zero attached hydrogens (tertiary/aromatic N) is 2.